The van der Waals surface area contributed by atoms with E-state index in [0.717, 1.165) is 39.8 Å². The summed E-state index contributed by atoms with van der Waals surface area (Å²) < 4.78 is 2.61. The first-order valence-electron chi connectivity index (χ1n) is 43.3. The molecule has 0 N–H and O–H groups in total. The Bertz CT molecular complexity index is 6220. The van der Waals surface area contributed by atoms with Crippen LogP contribution in [0.25, 0.3) is 49.7 Å². The number of aromatic nitrogens is 1. The number of hydrogen-bond acceptors (Lipinski definition) is 2. The molecule has 0 aliphatic carbocycles. The quantitative estimate of drug-likeness (QED) is 0.0842. The minimum absolute atomic E-state index is 0.0605. The zero-order valence-electron chi connectivity index (χ0n) is 73.4. The maximum Gasteiger partial charge on any atom is 0.252 e. The molecule has 6 heteroatoms. The van der Waals surface area contributed by atoms with Crippen LogP contribution in [0.3, 0.4) is 0 Å². The van der Waals surface area contributed by atoms with Gasteiger partial charge in [0.05, 0.1) is 16.7 Å². The molecule has 1 aromatic heterocycles. The zero-order chi connectivity index (χ0) is 83.8. The lowest BCUT2D eigenvalue weighted by Crippen LogP contribution is -2.75. The van der Waals surface area contributed by atoms with Crippen LogP contribution < -0.4 is 67.7 Å². The maximum atomic E-state index is 2.71. The molecule has 2 aliphatic rings. The first-order chi connectivity index (χ1) is 57.3. The Morgan fingerprint density at radius 3 is 0.850 bits per heavy atom. The van der Waals surface area contributed by atoms with Gasteiger partial charge < -0.3 is 14.4 Å². The van der Waals surface area contributed by atoms with Crippen molar-refractivity contribution in [3.05, 3.63) is 385 Å². The summed E-state index contributed by atoms with van der Waals surface area (Å²) in [4.78, 5) is 5.35. The van der Waals surface area contributed by atoms with Gasteiger partial charge in [-0.2, -0.15) is 0 Å². The van der Waals surface area contributed by atoms with E-state index >= 15 is 0 Å². The smallest absolute Gasteiger partial charge is 0.252 e. The molecule has 0 bridgehead atoms. The minimum Gasteiger partial charge on any atom is -0.311 e. The molecule has 15 aromatic carbocycles. The SMILES string of the molecule is CC(C)(C)c1cc(-c2ccc(N3c4ccc([Si](c5ccccc5)(c5ccccc5)c5ccccc5)cc4B4c5cc(-c6cc(C(C)(C)C)cc(C(C)(C)C)c6)ccc5N(c5ccc([Si](c6ccccc6)(c6ccccc6)c6ccccc6)cc5)c5cc(-n6c7ccc(C(C)(C)C)cc7c7cc(C(C)(C)C)ccc76)cc3c54)cc2)cc(C(C)(C)C)c1. The van der Waals surface area contributed by atoms with Gasteiger partial charge in [-0.1, -0.05) is 404 Å². The molecule has 120 heavy (non-hydrogen) atoms. The second kappa shape index (κ2) is 29.6. The van der Waals surface area contributed by atoms with Crippen LogP contribution in [-0.4, -0.2) is 27.4 Å². The summed E-state index contributed by atoms with van der Waals surface area (Å²) in [5.74, 6) is 0. The maximum absolute atomic E-state index is 3.19. The second-order valence-electron chi connectivity index (χ2n) is 40.2. The minimum atomic E-state index is -3.19. The van der Waals surface area contributed by atoms with Gasteiger partial charge in [0, 0.05) is 44.9 Å². The Kier molecular flexibility index (Phi) is 19.5. The summed E-state index contributed by atoms with van der Waals surface area (Å²) >= 11 is 0. The molecule has 0 saturated heterocycles. The molecule has 2 aliphatic heterocycles. The average molecular weight is 1590 g/mol. The zero-order valence-corrected chi connectivity index (χ0v) is 75.4. The van der Waals surface area contributed by atoms with E-state index in [2.05, 4.69) is 491 Å². The first kappa shape index (κ1) is 79.3. The second-order valence-corrected chi connectivity index (χ2v) is 47.9. The summed E-state index contributed by atoms with van der Waals surface area (Å²) in [6.07, 6.45) is 0. The van der Waals surface area contributed by atoms with E-state index < -0.39 is 16.1 Å². The fraction of sp³-hybridized carbons (Fsp3) is 0.211. The van der Waals surface area contributed by atoms with E-state index in [9.17, 15) is 0 Å². The molecule has 0 radical (unpaired) electrons. The highest BCUT2D eigenvalue weighted by molar-refractivity contribution is 7.20. The van der Waals surface area contributed by atoms with Crippen molar-refractivity contribution in [2.45, 2.75) is 157 Å². The summed E-state index contributed by atoms with van der Waals surface area (Å²) in [6, 6.07) is 138. The van der Waals surface area contributed by atoms with Gasteiger partial charge in [0.1, 0.15) is 0 Å². The van der Waals surface area contributed by atoms with Gasteiger partial charge in [0.15, 0.2) is 16.1 Å². The number of hydrogen-bond donors (Lipinski definition) is 0. The third kappa shape index (κ3) is 13.8. The first-order valence-corrected chi connectivity index (χ1v) is 47.3. The van der Waals surface area contributed by atoms with E-state index in [1.807, 2.05) is 0 Å². The molecule has 0 atom stereocenters. The van der Waals surface area contributed by atoms with Gasteiger partial charge in [-0.15, -0.1) is 0 Å². The summed E-state index contributed by atoms with van der Waals surface area (Å²) in [5.41, 5.74) is 26.3. The van der Waals surface area contributed by atoms with Gasteiger partial charge in [0.2, 0.25) is 0 Å². The predicted molar refractivity (Wildman–Crippen MR) is 525 cm³/mol. The van der Waals surface area contributed by atoms with Crippen LogP contribution in [0.5, 0.6) is 0 Å². The molecule has 0 unspecified atom stereocenters. The third-order valence-electron chi connectivity index (χ3n) is 26.2. The summed E-state index contributed by atoms with van der Waals surface area (Å²) in [6.45, 7) is 42.1. The number of rotatable bonds is 13. The Hall–Kier alpha value is -11.8. The van der Waals surface area contributed by atoms with Crippen molar-refractivity contribution in [2.75, 3.05) is 9.80 Å². The number of anilines is 6. The van der Waals surface area contributed by atoms with Crippen molar-refractivity contribution in [2.24, 2.45) is 0 Å². The molecule has 16 aromatic rings. The highest BCUT2D eigenvalue weighted by Crippen LogP contribution is 2.49. The molecular weight excluding hydrogens is 1480 g/mol. The van der Waals surface area contributed by atoms with Crippen LogP contribution >= 0.6 is 0 Å². The van der Waals surface area contributed by atoms with Crippen LogP contribution in [0.4, 0.5) is 34.1 Å². The van der Waals surface area contributed by atoms with E-state index in [1.165, 1.54) is 135 Å². The van der Waals surface area contributed by atoms with Crippen LogP contribution in [0.15, 0.2) is 352 Å². The molecule has 3 nitrogen and oxygen atoms in total. The number of benzene rings is 15. The number of nitrogens with zero attached hydrogens (tertiary/aromatic N) is 3. The topological polar surface area (TPSA) is 11.4 Å². The Morgan fingerprint density at radius 2 is 0.500 bits per heavy atom. The summed E-state index contributed by atoms with van der Waals surface area (Å²) in [7, 11) is -6.19. The highest BCUT2D eigenvalue weighted by atomic mass is 28.3. The van der Waals surface area contributed by atoms with E-state index in [0.29, 0.717) is 0 Å². The average Bonchev–Trinajstić information content (AvgIpc) is 0.897. The summed E-state index contributed by atoms with van der Waals surface area (Å²) in [5, 5.41) is 13.2. The van der Waals surface area contributed by atoms with E-state index in [1.54, 1.807) is 0 Å². The Labute approximate surface area is 716 Å². The van der Waals surface area contributed by atoms with E-state index in [-0.39, 0.29) is 39.2 Å². The van der Waals surface area contributed by atoms with Crippen molar-refractivity contribution in [3.8, 4) is 27.9 Å². The lowest BCUT2D eigenvalue weighted by molar-refractivity contribution is 0.568. The third-order valence-corrected chi connectivity index (χ3v) is 35.7. The largest absolute Gasteiger partial charge is 0.311 e. The van der Waals surface area contributed by atoms with Crippen LogP contribution in [-0.2, 0) is 32.5 Å². The highest BCUT2D eigenvalue weighted by Gasteiger charge is 2.49. The fourth-order valence-electron chi connectivity index (χ4n) is 19.4. The van der Waals surface area contributed by atoms with Crippen molar-refractivity contribution in [3.63, 3.8) is 0 Å². The van der Waals surface area contributed by atoms with Gasteiger partial charge in [-0.05, 0) is 219 Å². The van der Waals surface area contributed by atoms with Crippen LogP contribution in [0.2, 0.25) is 0 Å². The standard InChI is InChI=1S/C114H112BN3Si2/c1-109(2,3)81-52-62-102-98(72-81)99-73-82(110(4,5)6)53-63-103(99)118(102)89-74-106-108-107(75-89)117(88-56-58-96(59-57-88)119(90-37-25-19-26-38-90,91-39-27-20-28-40-91)92-41-29-21-30-42-92)104-61-51-78(80-67-85(113(13,14)15)71-86(68-80)114(16,17)18)69-100(104)115(108)101-76-97(120(93-43-31-22-32-44-93,94-45-33-23-34-46-94)95-47-35-24-36-48-95)60-64-105(101)116(106)87-54-49-77(50-55-87)79-65-83(111(7,8)9)70-84(66-79)112(10,11)12/h19-76H,1-18H3. The van der Waals surface area contributed by atoms with Crippen LogP contribution in [0.1, 0.15) is 158 Å². The van der Waals surface area contributed by atoms with Crippen molar-refractivity contribution in [1.82, 2.24) is 4.57 Å². The Balaban J connectivity index is 0.995. The molecule has 0 saturated carbocycles. The van der Waals surface area contributed by atoms with Gasteiger partial charge in [-0.25, -0.2) is 0 Å². The van der Waals surface area contributed by atoms with Gasteiger partial charge >= 0.3 is 0 Å². The van der Waals surface area contributed by atoms with Gasteiger partial charge in [-0.3, -0.25) is 0 Å². The molecule has 18 rings (SSSR count). The number of fused-ring (bicyclic) bond motifs is 7. The molecule has 0 spiro atoms. The van der Waals surface area contributed by atoms with Crippen molar-refractivity contribution >= 4 is 137 Å². The van der Waals surface area contributed by atoms with Crippen molar-refractivity contribution < 1.29 is 0 Å². The predicted octanol–water partition coefficient (Wildman–Crippen LogP) is 22.7. The lowest BCUT2D eigenvalue weighted by Gasteiger charge is -2.45. The molecule has 3 heterocycles. The van der Waals surface area contributed by atoms with Gasteiger partial charge in [0.25, 0.3) is 6.71 Å². The molecule has 594 valence electrons. The Morgan fingerprint density at radius 1 is 0.208 bits per heavy atom. The fourth-order valence-corrected chi connectivity index (χ4v) is 29.0. The molecule has 0 amide bonds. The lowest BCUT2D eigenvalue weighted by atomic mass is 9.33. The monoisotopic (exact) mass is 1590 g/mol. The normalized spacial score (nSPS) is 13.4. The van der Waals surface area contributed by atoms with Crippen molar-refractivity contribution in [1.29, 1.82) is 0 Å². The molecular formula is C114H112BN3Si2. The van der Waals surface area contributed by atoms with E-state index in [4.69, 9.17) is 0 Å². The molecule has 0 fully saturated rings. The van der Waals surface area contributed by atoms with Crippen LogP contribution in [0, 0.1) is 0 Å².